The summed E-state index contributed by atoms with van der Waals surface area (Å²) in [6, 6.07) is 7.88. The molecular weight excluding hydrogens is 430 g/mol. The number of esters is 1. The number of nitrogens with zero attached hydrogens (tertiary/aromatic N) is 1. The van der Waals surface area contributed by atoms with Gasteiger partial charge in [0, 0.05) is 31.0 Å². The van der Waals surface area contributed by atoms with Gasteiger partial charge in [0.05, 0.1) is 12.5 Å². The molecule has 3 rings (SSSR count). The highest BCUT2D eigenvalue weighted by Gasteiger charge is 2.38. The molecule has 0 aliphatic carbocycles. The number of hydrogen-bond acceptors (Lipinski definition) is 5. The van der Waals surface area contributed by atoms with E-state index in [0.717, 1.165) is 11.1 Å². The van der Waals surface area contributed by atoms with Crippen LogP contribution in [0.2, 0.25) is 0 Å². The van der Waals surface area contributed by atoms with Crippen LogP contribution in [0.3, 0.4) is 0 Å². The zero-order chi connectivity index (χ0) is 23.5. The number of sulfonamides is 1. The van der Waals surface area contributed by atoms with Gasteiger partial charge in [-0.05, 0) is 46.1 Å². The minimum atomic E-state index is -3.98. The predicted molar refractivity (Wildman–Crippen MR) is 121 cm³/mol. The lowest BCUT2D eigenvalue weighted by molar-refractivity contribution is -0.126. The van der Waals surface area contributed by atoms with Gasteiger partial charge in [-0.15, -0.1) is 0 Å². The van der Waals surface area contributed by atoms with Gasteiger partial charge in [0.15, 0.2) is 0 Å². The maximum atomic E-state index is 13.5. The van der Waals surface area contributed by atoms with Gasteiger partial charge in [-0.1, -0.05) is 29.8 Å². The van der Waals surface area contributed by atoms with Crippen molar-refractivity contribution in [1.82, 2.24) is 14.6 Å². The van der Waals surface area contributed by atoms with Gasteiger partial charge >= 0.3 is 5.97 Å². The first-order chi connectivity index (χ1) is 15.1. The molecule has 1 aliphatic heterocycles. The Balaban J connectivity index is 1.77. The van der Waals surface area contributed by atoms with E-state index in [-0.39, 0.29) is 29.5 Å². The Labute approximate surface area is 189 Å². The summed E-state index contributed by atoms with van der Waals surface area (Å²) in [6.45, 7) is 7.86. The second-order valence-electron chi connectivity index (χ2n) is 8.21. The van der Waals surface area contributed by atoms with Crippen LogP contribution < -0.4 is 5.32 Å². The summed E-state index contributed by atoms with van der Waals surface area (Å²) >= 11 is 0. The van der Waals surface area contributed by atoms with E-state index in [4.69, 9.17) is 4.74 Å². The molecule has 1 aromatic carbocycles. The lowest BCUT2D eigenvalue weighted by Gasteiger charge is -2.31. The van der Waals surface area contributed by atoms with E-state index in [9.17, 15) is 18.0 Å². The van der Waals surface area contributed by atoms with Crippen molar-refractivity contribution in [3.05, 3.63) is 52.3 Å². The Hall–Kier alpha value is -2.65. The topological polar surface area (TPSA) is 109 Å². The van der Waals surface area contributed by atoms with Crippen LogP contribution in [-0.4, -0.2) is 49.3 Å². The summed E-state index contributed by atoms with van der Waals surface area (Å²) in [5.41, 5.74) is 2.98. The molecule has 2 N–H and O–H groups in total. The molecule has 0 unspecified atom stereocenters. The second kappa shape index (κ2) is 9.87. The van der Waals surface area contributed by atoms with Crippen LogP contribution in [0.5, 0.6) is 0 Å². The van der Waals surface area contributed by atoms with Gasteiger partial charge in [-0.2, -0.15) is 4.31 Å². The number of aromatic nitrogens is 1. The highest BCUT2D eigenvalue weighted by molar-refractivity contribution is 7.89. The summed E-state index contributed by atoms with van der Waals surface area (Å²) in [5.74, 6) is -1.29. The first-order valence-corrected chi connectivity index (χ1v) is 12.3. The van der Waals surface area contributed by atoms with Crippen molar-refractivity contribution in [3.8, 4) is 0 Å². The summed E-state index contributed by atoms with van der Waals surface area (Å²) in [4.78, 5) is 28.1. The maximum Gasteiger partial charge on any atom is 0.341 e. The number of piperidine rings is 1. The van der Waals surface area contributed by atoms with Gasteiger partial charge in [0.2, 0.25) is 15.9 Å². The third-order valence-electron chi connectivity index (χ3n) is 5.70. The number of aryl methyl sites for hydroxylation is 3. The lowest BCUT2D eigenvalue weighted by atomic mass is 9.98. The molecule has 32 heavy (non-hydrogen) atoms. The molecule has 1 saturated heterocycles. The van der Waals surface area contributed by atoms with E-state index in [2.05, 4.69) is 10.3 Å². The minimum Gasteiger partial charge on any atom is -0.462 e. The molecule has 174 valence electrons. The van der Waals surface area contributed by atoms with Crippen LogP contribution in [0, 0.1) is 26.7 Å². The molecule has 2 heterocycles. The first-order valence-electron chi connectivity index (χ1n) is 10.8. The van der Waals surface area contributed by atoms with Gasteiger partial charge in [0.25, 0.3) is 0 Å². The summed E-state index contributed by atoms with van der Waals surface area (Å²) in [7, 11) is -3.98. The van der Waals surface area contributed by atoms with Gasteiger partial charge in [0.1, 0.15) is 10.5 Å². The van der Waals surface area contributed by atoms with Crippen LogP contribution in [0.1, 0.15) is 52.6 Å². The monoisotopic (exact) mass is 461 g/mol. The summed E-state index contributed by atoms with van der Waals surface area (Å²) in [5, 5.41) is 2.93. The van der Waals surface area contributed by atoms with Crippen LogP contribution in [0.15, 0.2) is 29.2 Å². The van der Waals surface area contributed by atoms with Crippen molar-refractivity contribution in [1.29, 1.82) is 0 Å². The Morgan fingerprint density at radius 2 is 1.97 bits per heavy atom. The molecule has 0 saturated carbocycles. The molecule has 9 heteroatoms. The minimum absolute atomic E-state index is 0.0374. The highest BCUT2D eigenvalue weighted by Crippen LogP contribution is 2.30. The van der Waals surface area contributed by atoms with Crippen molar-refractivity contribution >= 4 is 21.9 Å². The molecule has 2 aromatic rings. The average molecular weight is 462 g/mol. The third kappa shape index (κ3) is 5.05. The number of amides is 1. The number of benzene rings is 1. The Kier molecular flexibility index (Phi) is 7.40. The first kappa shape index (κ1) is 24.0. The average Bonchev–Trinajstić information content (AvgIpc) is 3.06. The quantitative estimate of drug-likeness (QED) is 0.617. The Morgan fingerprint density at radius 1 is 1.22 bits per heavy atom. The van der Waals surface area contributed by atoms with Crippen molar-refractivity contribution in [2.24, 2.45) is 5.92 Å². The molecule has 0 bridgehead atoms. The van der Waals surface area contributed by atoms with E-state index < -0.39 is 21.9 Å². The smallest absolute Gasteiger partial charge is 0.341 e. The van der Waals surface area contributed by atoms with Crippen LogP contribution >= 0.6 is 0 Å². The number of hydrogen-bond donors (Lipinski definition) is 2. The fourth-order valence-electron chi connectivity index (χ4n) is 4.19. The molecular formula is C23H31N3O5S. The second-order valence-corrected chi connectivity index (χ2v) is 10.1. The number of nitrogens with one attached hydrogen (secondary N) is 2. The van der Waals surface area contributed by atoms with E-state index >= 15 is 0 Å². The van der Waals surface area contributed by atoms with Crippen LogP contribution in [0.25, 0.3) is 0 Å². The number of carbonyl (C=O) groups is 2. The van der Waals surface area contributed by atoms with E-state index in [1.807, 2.05) is 31.2 Å². The van der Waals surface area contributed by atoms with E-state index in [0.29, 0.717) is 37.3 Å². The summed E-state index contributed by atoms with van der Waals surface area (Å²) < 4.78 is 33.4. The number of rotatable bonds is 7. The highest BCUT2D eigenvalue weighted by atomic mass is 32.2. The zero-order valence-electron chi connectivity index (χ0n) is 19.0. The van der Waals surface area contributed by atoms with E-state index in [1.165, 1.54) is 4.31 Å². The molecule has 1 atom stereocenters. The number of aromatic amines is 1. The lowest BCUT2D eigenvalue weighted by Crippen LogP contribution is -2.45. The van der Waals surface area contributed by atoms with E-state index in [1.54, 1.807) is 20.8 Å². The summed E-state index contributed by atoms with van der Waals surface area (Å²) in [6.07, 6.45) is 1.18. The Bertz CT molecular complexity index is 1110. The van der Waals surface area contributed by atoms with Crippen molar-refractivity contribution in [2.45, 2.75) is 52.0 Å². The SMILES string of the molecule is CCOC(=O)c1c(C)[nH]c(C)c1S(=O)(=O)N1CCC[C@H](C(=O)NCc2cccc(C)c2)C1. The normalized spacial score (nSPS) is 17.2. The molecule has 0 spiro atoms. The molecule has 1 amide bonds. The maximum absolute atomic E-state index is 13.5. The van der Waals surface area contributed by atoms with Gasteiger partial charge in [-0.25, -0.2) is 13.2 Å². The van der Waals surface area contributed by atoms with Crippen molar-refractivity contribution < 1.29 is 22.7 Å². The van der Waals surface area contributed by atoms with Crippen molar-refractivity contribution in [3.63, 3.8) is 0 Å². The van der Waals surface area contributed by atoms with Crippen LogP contribution in [0.4, 0.5) is 0 Å². The van der Waals surface area contributed by atoms with Gasteiger partial charge < -0.3 is 15.0 Å². The largest absolute Gasteiger partial charge is 0.462 e. The molecule has 1 aromatic heterocycles. The molecule has 0 radical (unpaired) electrons. The Morgan fingerprint density at radius 3 is 2.66 bits per heavy atom. The van der Waals surface area contributed by atoms with Crippen LogP contribution in [-0.2, 0) is 26.1 Å². The predicted octanol–water partition coefficient (Wildman–Crippen LogP) is 2.83. The van der Waals surface area contributed by atoms with Gasteiger partial charge in [-0.3, -0.25) is 4.79 Å². The standard InChI is InChI=1S/C23H31N3O5S/c1-5-31-23(28)20-16(3)25-17(4)21(20)32(29,30)26-11-7-10-19(14-26)22(27)24-13-18-9-6-8-15(2)12-18/h6,8-9,12,19,25H,5,7,10-11,13-14H2,1-4H3,(H,24,27)/t19-/m0/s1. The molecule has 8 nitrogen and oxygen atoms in total. The number of ether oxygens (including phenoxy) is 1. The fourth-order valence-corrected chi connectivity index (χ4v) is 6.13. The van der Waals surface area contributed by atoms with Crippen molar-refractivity contribution in [2.75, 3.05) is 19.7 Å². The fraction of sp³-hybridized carbons (Fsp3) is 0.478. The molecule has 1 fully saturated rings. The zero-order valence-corrected chi connectivity index (χ0v) is 19.8. The number of carbonyl (C=O) groups excluding carboxylic acids is 2. The number of H-pyrrole nitrogens is 1. The molecule has 1 aliphatic rings. The third-order valence-corrected chi connectivity index (χ3v) is 7.74.